The van der Waals surface area contributed by atoms with Crippen molar-refractivity contribution < 1.29 is 14.6 Å². The number of aromatic nitrogens is 1. The molecule has 5 rings (SSSR count). The smallest absolute Gasteiger partial charge is 0.248 e. The number of ether oxygens (including phenoxy) is 2. The van der Waals surface area contributed by atoms with Gasteiger partial charge in [0.15, 0.2) is 0 Å². The van der Waals surface area contributed by atoms with E-state index in [0.717, 1.165) is 44.5 Å². The molecule has 0 radical (unpaired) electrons. The molecule has 0 spiro atoms. The van der Waals surface area contributed by atoms with Crippen LogP contribution in [0, 0.1) is 0 Å². The minimum absolute atomic E-state index is 0.218. The van der Waals surface area contributed by atoms with E-state index in [1.807, 2.05) is 54.6 Å². The number of anilines is 2. The van der Waals surface area contributed by atoms with Crippen LogP contribution in [0.1, 0.15) is 22.8 Å². The lowest BCUT2D eigenvalue weighted by Crippen LogP contribution is -2.24. The van der Waals surface area contributed by atoms with Crippen molar-refractivity contribution >= 4 is 38.2 Å². The molecule has 0 aliphatic carbocycles. The van der Waals surface area contributed by atoms with Gasteiger partial charge in [-0.2, -0.15) is 0 Å². The molecule has 5 aromatic rings. The van der Waals surface area contributed by atoms with Gasteiger partial charge in [0.25, 0.3) is 0 Å². The molecule has 210 valence electrons. The highest BCUT2D eigenvalue weighted by Crippen LogP contribution is 2.31. The molecule has 0 saturated carbocycles. The average Bonchev–Trinajstić information content (AvgIpc) is 2.99. The molecule has 0 fully saturated rings. The summed E-state index contributed by atoms with van der Waals surface area (Å²) in [4.78, 5) is 15.0. The molecule has 0 saturated heterocycles. The first-order chi connectivity index (χ1) is 20.0. The van der Waals surface area contributed by atoms with Gasteiger partial charge in [-0.3, -0.25) is 4.79 Å². The van der Waals surface area contributed by atoms with Crippen LogP contribution >= 0.6 is 15.9 Å². The van der Waals surface area contributed by atoms with Crippen LogP contribution in [0.4, 0.5) is 11.4 Å². The average molecular weight is 615 g/mol. The zero-order valence-electron chi connectivity index (χ0n) is 22.7. The van der Waals surface area contributed by atoms with Crippen LogP contribution in [0.2, 0.25) is 0 Å². The molecule has 41 heavy (non-hydrogen) atoms. The van der Waals surface area contributed by atoms with Crippen LogP contribution in [0.15, 0.2) is 106 Å². The summed E-state index contributed by atoms with van der Waals surface area (Å²) in [5.41, 5.74) is 5.28. The third-order valence-electron chi connectivity index (χ3n) is 6.81. The predicted octanol–water partition coefficient (Wildman–Crippen LogP) is 6.49. The normalized spacial score (nSPS) is 11.8. The standard InChI is InChI=1S/C33H32BrN3O4/c1-40-30-14-11-25(19-28(30)34)36-24-9-7-22(8-10-24)17-18-35-20-29(38)26-12-15-31(33-27(26)13-16-32(39)37-33)41-21-23-5-3-2-4-6-23/h2-16,19,29,35-36,38H,17-18,20-21H2,1H3,(H,37,39)/t29-/m0/s1. The van der Waals surface area contributed by atoms with Crippen molar-refractivity contribution in [3.05, 3.63) is 129 Å². The van der Waals surface area contributed by atoms with Crippen molar-refractivity contribution in [1.29, 1.82) is 0 Å². The van der Waals surface area contributed by atoms with E-state index >= 15 is 0 Å². The summed E-state index contributed by atoms with van der Waals surface area (Å²) in [6.07, 6.45) is 0.0727. The summed E-state index contributed by atoms with van der Waals surface area (Å²) in [6.45, 7) is 1.47. The number of hydrogen-bond acceptors (Lipinski definition) is 6. The van der Waals surface area contributed by atoms with Gasteiger partial charge in [0.05, 0.1) is 23.2 Å². The molecule has 4 N–H and O–H groups in total. The number of nitrogens with one attached hydrogen (secondary N) is 3. The Morgan fingerprint density at radius 1 is 0.878 bits per heavy atom. The van der Waals surface area contributed by atoms with Gasteiger partial charge in [-0.25, -0.2) is 0 Å². The van der Waals surface area contributed by atoms with Crippen molar-refractivity contribution in [2.45, 2.75) is 19.1 Å². The minimum Gasteiger partial charge on any atom is -0.496 e. The lowest BCUT2D eigenvalue weighted by molar-refractivity contribution is 0.176. The number of fused-ring (bicyclic) bond motifs is 1. The summed E-state index contributed by atoms with van der Waals surface area (Å²) in [5, 5.41) is 18.5. The quantitative estimate of drug-likeness (QED) is 0.120. The zero-order valence-corrected chi connectivity index (χ0v) is 24.3. The monoisotopic (exact) mass is 613 g/mol. The van der Waals surface area contributed by atoms with Crippen LogP contribution in [0.5, 0.6) is 11.5 Å². The summed E-state index contributed by atoms with van der Waals surface area (Å²) in [7, 11) is 1.65. The molecule has 0 bridgehead atoms. The fourth-order valence-corrected chi connectivity index (χ4v) is 5.18. The molecule has 8 heteroatoms. The largest absolute Gasteiger partial charge is 0.496 e. The summed E-state index contributed by atoms with van der Waals surface area (Å²) in [5.74, 6) is 1.36. The Bertz CT molecular complexity index is 1660. The number of halogens is 1. The van der Waals surface area contributed by atoms with Crippen molar-refractivity contribution in [2.75, 3.05) is 25.5 Å². The lowest BCUT2D eigenvalue weighted by Gasteiger charge is -2.17. The summed E-state index contributed by atoms with van der Waals surface area (Å²) >= 11 is 3.51. The molecule has 0 aliphatic rings. The molecular formula is C33H32BrN3O4. The molecule has 0 aliphatic heterocycles. The molecule has 4 aromatic carbocycles. The highest BCUT2D eigenvalue weighted by atomic mass is 79.9. The van der Waals surface area contributed by atoms with E-state index in [1.165, 1.54) is 11.6 Å². The third-order valence-corrected chi connectivity index (χ3v) is 7.43. The zero-order chi connectivity index (χ0) is 28.6. The van der Waals surface area contributed by atoms with Gasteiger partial charge in [0, 0.05) is 29.4 Å². The van der Waals surface area contributed by atoms with Gasteiger partial charge in [-0.15, -0.1) is 0 Å². The summed E-state index contributed by atoms with van der Waals surface area (Å²) < 4.78 is 12.2. The number of aliphatic hydroxyl groups excluding tert-OH is 1. The van der Waals surface area contributed by atoms with E-state index in [9.17, 15) is 9.90 Å². The van der Waals surface area contributed by atoms with Gasteiger partial charge < -0.3 is 30.2 Å². The van der Waals surface area contributed by atoms with E-state index in [0.29, 0.717) is 31.0 Å². The second-order valence-electron chi connectivity index (χ2n) is 9.68. The number of pyridine rings is 1. The number of aliphatic hydroxyl groups is 1. The van der Waals surface area contributed by atoms with Crippen LogP contribution in [0.3, 0.4) is 0 Å². The Hall–Kier alpha value is -4.11. The van der Waals surface area contributed by atoms with Gasteiger partial charge in [0.1, 0.15) is 18.1 Å². The predicted molar refractivity (Wildman–Crippen MR) is 167 cm³/mol. The number of benzene rings is 4. The van der Waals surface area contributed by atoms with Gasteiger partial charge in [0.2, 0.25) is 5.56 Å². The van der Waals surface area contributed by atoms with E-state index in [2.05, 4.69) is 55.8 Å². The molecule has 1 aromatic heterocycles. The molecule has 1 atom stereocenters. The Kier molecular flexibility index (Phi) is 9.36. The fourth-order valence-electron chi connectivity index (χ4n) is 4.64. The second kappa shape index (κ2) is 13.5. The summed E-state index contributed by atoms with van der Waals surface area (Å²) in [6, 6.07) is 30.9. The topological polar surface area (TPSA) is 95.6 Å². The van der Waals surface area contributed by atoms with Gasteiger partial charge in [-0.05, 0) is 88.1 Å². The van der Waals surface area contributed by atoms with E-state index in [1.54, 1.807) is 19.2 Å². The van der Waals surface area contributed by atoms with Gasteiger partial charge >= 0.3 is 0 Å². The minimum atomic E-state index is -0.748. The molecule has 0 amide bonds. The van der Waals surface area contributed by atoms with E-state index < -0.39 is 6.10 Å². The van der Waals surface area contributed by atoms with Crippen molar-refractivity contribution in [2.24, 2.45) is 0 Å². The highest BCUT2D eigenvalue weighted by molar-refractivity contribution is 9.10. The maximum absolute atomic E-state index is 12.1. The van der Waals surface area contributed by atoms with E-state index in [-0.39, 0.29) is 5.56 Å². The van der Waals surface area contributed by atoms with Crippen molar-refractivity contribution in [3.8, 4) is 11.5 Å². The number of rotatable bonds is 12. The maximum atomic E-state index is 12.1. The Labute approximate surface area is 247 Å². The number of hydrogen-bond donors (Lipinski definition) is 4. The number of H-pyrrole nitrogens is 1. The first kappa shape index (κ1) is 28.4. The van der Waals surface area contributed by atoms with Crippen LogP contribution in [-0.2, 0) is 13.0 Å². The molecule has 7 nitrogen and oxygen atoms in total. The Morgan fingerprint density at radius 2 is 1.63 bits per heavy atom. The number of aromatic amines is 1. The fraction of sp³-hybridized carbons (Fsp3) is 0.182. The SMILES string of the molecule is COc1ccc(Nc2ccc(CCNC[C@H](O)c3ccc(OCc4ccccc4)c4[nH]c(=O)ccc34)cc2)cc1Br. The van der Waals surface area contributed by atoms with E-state index in [4.69, 9.17) is 9.47 Å². The Balaban J connectivity index is 1.16. The lowest BCUT2D eigenvalue weighted by atomic mass is 10.0. The van der Waals surface area contributed by atoms with Crippen LogP contribution < -0.4 is 25.7 Å². The highest BCUT2D eigenvalue weighted by Gasteiger charge is 2.15. The van der Waals surface area contributed by atoms with Gasteiger partial charge in [-0.1, -0.05) is 48.5 Å². The van der Waals surface area contributed by atoms with Crippen molar-refractivity contribution in [3.63, 3.8) is 0 Å². The molecule has 1 heterocycles. The first-order valence-electron chi connectivity index (χ1n) is 13.4. The first-order valence-corrected chi connectivity index (χ1v) is 14.2. The maximum Gasteiger partial charge on any atom is 0.248 e. The molecule has 0 unspecified atom stereocenters. The van der Waals surface area contributed by atoms with Crippen LogP contribution in [0.25, 0.3) is 10.9 Å². The third kappa shape index (κ3) is 7.35. The Morgan fingerprint density at radius 3 is 2.39 bits per heavy atom. The second-order valence-corrected chi connectivity index (χ2v) is 10.5. The van der Waals surface area contributed by atoms with Crippen LogP contribution in [-0.4, -0.2) is 30.3 Å². The number of methoxy groups -OCH3 is 1. The molecular weight excluding hydrogens is 582 g/mol. The van der Waals surface area contributed by atoms with Crippen molar-refractivity contribution in [1.82, 2.24) is 10.3 Å².